The van der Waals surface area contributed by atoms with E-state index in [0.29, 0.717) is 24.5 Å². The first-order chi connectivity index (χ1) is 13.6. The van der Waals surface area contributed by atoms with Gasteiger partial charge >= 0.3 is 0 Å². The lowest BCUT2D eigenvalue weighted by Crippen LogP contribution is -2.35. The number of nitrogens with zero attached hydrogens (tertiary/aromatic N) is 1. The molecular formula is C22H26N2O3S. The summed E-state index contributed by atoms with van der Waals surface area (Å²) in [4.78, 5) is 26.6. The van der Waals surface area contributed by atoms with E-state index in [1.807, 2.05) is 54.3 Å². The van der Waals surface area contributed by atoms with Gasteiger partial charge in [0.2, 0.25) is 5.91 Å². The first kappa shape index (κ1) is 20.4. The van der Waals surface area contributed by atoms with Gasteiger partial charge in [-0.1, -0.05) is 42.5 Å². The van der Waals surface area contributed by atoms with Crippen LogP contribution in [0.5, 0.6) is 0 Å². The minimum absolute atomic E-state index is 0.000684. The van der Waals surface area contributed by atoms with E-state index in [1.54, 1.807) is 18.9 Å². The molecule has 6 heteroatoms. The molecule has 0 bridgehead atoms. The third-order valence-corrected chi connectivity index (χ3v) is 5.96. The molecule has 148 valence electrons. The van der Waals surface area contributed by atoms with Gasteiger partial charge in [-0.15, -0.1) is 11.8 Å². The van der Waals surface area contributed by atoms with Crippen LogP contribution >= 0.6 is 11.8 Å². The standard InChI is InChI=1S/C22H26N2O3S/c1-16(14-27-2)23-21(26)18-8-10-19(11-9-18)22-24(20(25)15-28-22)13-12-17-6-4-3-5-7-17/h3-11,16,22H,12-15H2,1-2H3,(H,23,26). The smallest absolute Gasteiger partial charge is 0.251 e. The Morgan fingerprint density at radius 2 is 1.93 bits per heavy atom. The van der Waals surface area contributed by atoms with Gasteiger partial charge in [-0.25, -0.2) is 0 Å². The topological polar surface area (TPSA) is 58.6 Å². The van der Waals surface area contributed by atoms with Gasteiger partial charge in [0.05, 0.1) is 12.4 Å². The van der Waals surface area contributed by atoms with Crippen LogP contribution < -0.4 is 5.32 Å². The Balaban J connectivity index is 1.64. The molecule has 0 saturated carbocycles. The van der Waals surface area contributed by atoms with Crippen LogP contribution in [-0.4, -0.2) is 48.8 Å². The van der Waals surface area contributed by atoms with Crippen molar-refractivity contribution in [3.63, 3.8) is 0 Å². The van der Waals surface area contributed by atoms with Crippen LogP contribution in [0.4, 0.5) is 0 Å². The monoisotopic (exact) mass is 398 g/mol. The molecule has 1 aliphatic heterocycles. The number of carbonyl (C=O) groups excluding carboxylic acids is 2. The molecule has 0 radical (unpaired) electrons. The van der Waals surface area contributed by atoms with Crippen LogP contribution in [0.25, 0.3) is 0 Å². The first-order valence-electron chi connectivity index (χ1n) is 9.43. The summed E-state index contributed by atoms with van der Waals surface area (Å²) < 4.78 is 5.05. The fraction of sp³-hybridized carbons (Fsp3) is 0.364. The van der Waals surface area contributed by atoms with Crippen molar-refractivity contribution < 1.29 is 14.3 Å². The second kappa shape index (κ2) is 9.75. The normalized spacial score (nSPS) is 17.6. The number of benzene rings is 2. The molecule has 0 aliphatic carbocycles. The zero-order chi connectivity index (χ0) is 19.9. The summed E-state index contributed by atoms with van der Waals surface area (Å²) in [6, 6.07) is 17.7. The van der Waals surface area contributed by atoms with E-state index in [0.717, 1.165) is 12.0 Å². The first-order valence-corrected chi connectivity index (χ1v) is 10.5. The second-order valence-corrected chi connectivity index (χ2v) is 8.01. The number of hydrogen-bond acceptors (Lipinski definition) is 4. The average Bonchev–Trinajstić information content (AvgIpc) is 3.08. The number of thioether (sulfide) groups is 1. The highest BCUT2D eigenvalue weighted by Gasteiger charge is 2.32. The molecule has 3 rings (SSSR count). The summed E-state index contributed by atoms with van der Waals surface area (Å²) in [7, 11) is 1.61. The molecule has 2 aromatic carbocycles. The Hall–Kier alpha value is -2.31. The van der Waals surface area contributed by atoms with Gasteiger partial charge in [0.1, 0.15) is 5.37 Å². The number of ether oxygens (including phenoxy) is 1. The maximum atomic E-state index is 12.4. The SMILES string of the molecule is COCC(C)NC(=O)c1ccc(C2SCC(=O)N2CCc2ccccc2)cc1. The molecular weight excluding hydrogens is 372 g/mol. The third-order valence-electron chi connectivity index (χ3n) is 4.70. The number of rotatable bonds is 8. The number of amides is 2. The lowest BCUT2D eigenvalue weighted by Gasteiger charge is -2.24. The number of hydrogen-bond donors (Lipinski definition) is 1. The molecule has 0 spiro atoms. The molecule has 2 atom stereocenters. The number of carbonyl (C=O) groups is 2. The van der Waals surface area contributed by atoms with E-state index >= 15 is 0 Å². The summed E-state index contributed by atoms with van der Waals surface area (Å²) >= 11 is 1.64. The summed E-state index contributed by atoms with van der Waals surface area (Å²) in [6.07, 6.45) is 0.835. The van der Waals surface area contributed by atoms with E-state index in [-0.39, 0.29) is 23.2 Å². The molecule has 0 aromatic heterocycles. The van der Waals surface area contributed by atoms with E-state index in [4.69, 9.17) is 4.74 Å². The van der Waals surface area contributed by atoms with Gasteiger partial charge in [-0.3, -0.25) is 9.59 Å². The van der Waals surface area contributed by atoms with Crippen LogP contribution in [0.1, 0.15) is 33.8 Å². The Bertz CT molecular complexity index is 795. The van der Waals surface area contributed by atoms with Crippen LogP contribution in [0.15, 0.2) is 54.6 Å². The van der Waals surface area contributed by atoms with E-state index in [9.17, 15) is 9.59 Å². The Morgan fingerprint density at radius 1 is 1.21 bits per heavy atom. The molecule has 28 heavy (non-hydrogen) atoms. The predicted octanol–water partition coefficient (Wildman–Crippen LogP) is 3.27. The third kappa shape index (κ3) is 5.14. The Kier molecular flexibility index (Phi) is 7.12. The minimum atomic E-state index is -0.118. The van der Waals surface area contributed by atoms with Gasteiger partial charge in [-0.05, 0) is 36.6 Å². The van der Waals surface area contributed by atoms with Crippen LogP contribution in [-0.2, 0) is 16.0 Å². The lowest BCUT2D eigenvalue weighted by atomic mass is 10.1. The molecule has 2 amide bonds. The molecule has 5 nitrogen and oxygen atoms in total. The van der Waals surface area contributed by atoms with Crippen LogP contribution in [0.3, 0.4) is 0 Å². The average molecular weight is 399 g/mol. The van der Waals surface area contributed by atoms with E-state index in [1.165, 1.54) is 5.56 Å². The maximum absolute atomic E-state index is 12.4. The highest BCUT2D eigenvalue weighted by Crippen LogP contribution is 2.38. The summed E-state index contributed by atoms with van der Waals surface area (Å²) in [6.45, 7) is 3.07. The van der Waals surface area contributed by atoms with E-state index in [2.05, 4.69) is 17.4 Å². The van der Waals surface area contributed by atoms with E-state index < -0.39 is 0 Å². The van der Waals surface area contributed by atoms with Gasteiger partial charge in [0.15, 0.2) is 0 Å². The van der Waals surface area contributed by atoms with Crippen molar-refractivity contribution in [2.45, 2.75) is 24.8 Å². The van der Waals surface area contributed by atoms with Crippen LogP contribution in [0, 0.1) is 0 Å². The van der Waals surface area contributed by atoms with Crippen molar-refractivity contribution in [1.29, 1.82) is 0 Å². The maximum Gasteiger partial charge on any atom is 0.251 e. The highest BCUT2D eigenvalue weighted by molar-refractivity contribution is 8.00. The van der Waals surface area contributed by atoms with Crippen molar-refractivity contribution in [3.8, 4) is 0 Å². The molecule has 1 fully saturated rings. The zero-order valence-corrected chi connectivity index (χ0v) is 17.1. The van der Waals surface area contributed by atoms with Crippen molar-refractivity contribution in [2.75, 3.05) is 26.0 Å². The number of methoxy groups -OCH3 is 1. The lowest BCUT2D eigenvalue weighted by molar-refractivity contribution is -0.128. The largest absolute Gasteiger partial charge is 0.383 e. The minimum Gasteiger partial charge on any atom is -0.383 e. The molecule has 1 aliphatic rings. The summed E-state index contributed by atoms with van der Waals surface area (Å²) in [5.74, 6) is 0.546. The molecule has 1 N–H and O–H groups in total. The van der Waals surface area contributed by atoms with Gasteiger partial charge < -0.3 is 15.0 Å². The van der Waals surface area contributed by atoms with Crippen molar-refractivity contribution >= 4 is 23.6 Å². The van der Waals surface area contributed by atoms with Crippen LogP contribution in [0.2, 0.25) is 0 Å². The Labute approximate surface area is 170 Å². The summed E-state index contributed by atoms with van der Waals surface area (Å²) in [5.41, 5.74) is 2.88. The Morgan fingerprint density at radius 3 is 2.61 bits per heavy atom. The highest BCUT2D eigenvalue weighted by atomic mass is 32.2. The fourth-order valence-electron chi connectivity index (χ4n) is 3.26. The van der Waals surface area contributed by atoms with Crippen molar-refractivity contribution in [1.82, 2.24) is 10.2 Å². The molecule has 1 saturated heterocycles. The van der Waals surface area contributed by atoms with Crippen molar-refractivity contribution in [2.24, 2.45) is 0 Å². The fourth-order valence-corrected chi connectivity index (χ4v) is 4.48. The second-order valence-electron chi connectivity index (χ2n) is 6.94. The zero-order valence-electron chi connectivity index (χ0n) is 16.3. The predicted molar refractivity (Wildman–Crippen MR) is 112 cm³/mol. The number of nitrogens with one attached hydrogen (secondary N) is 1. The van der Waals surface area contributed by atoms with Gasteiger partial charge in [0, 0.05) is 25.3 Å². The molecule has 1 heterocycles. The molecule has 2 unspecified atom stereocenters. The molecule has 2 aromatic rings. The quantitative estimate of drug-likeness (QED) is 0.741. The van der Waals surface area contributed by atoms with Gasteiger partial charge in [-0.2, -0.15) is 0 Å². The van der Waals surface area contributed by atoms with Gasteiger partial charge in [0.25, 0.3) is 5.91 Å². The van der Waals surface area contributed by atoms with Crippen molar-refractivity contribution in [3.05, 3.63) is 71.3 Å². The summed E-state index contributed by atoms with van der Waals surface area (Å²) in [5, 5.41) is 2.91.